The van der Waals surface area contributed by atoms with Gasteiger partial charge in [0.15, 0.2) is 11.9 Å². The number of halogens is 3. The maximum Gasteiger partial charge on any atom is 0.379 e. The lowest BCUT2D eigenvalue weighted by molar-refractivity contribution is -0.257. The number of rotatable bonds is 8. The minimum atomic E-state index is -0.448. The molecule has 4 aromatic rings. The summed E-state index contributed by atoms with van der Waals surface area (Å²) in [6.45, 7) is 1.82. The van der Waals surface area contributed by atoms with E-state index in [1.54, 1.807) is 30.3 Å². The second-order valence-electron chi connectivity index (χ2n) is 7.86. The molecule has 0 bridgehead atoms. The van der Waals surface area contributed by atoms with Crippen LogP contribution >= 0.6 is 35.1 Å². The minimum absolute atomic E-state index is 0.0271. The highest BCUT2D eigenvalue weighted by Gasteiger charge is 2.19. The first kappa shape index (κ1) is 26.5. The van der Waals surface area contributed by atoms with Crippen molar-refractivity contribution in [2.75, 3.05) is 0 Å². The Labute approximate surface area is 227 Å². The minimum Gasteiger partial charge on any atom is -0.459 e. The normalized spacial score (nSPS) is 12.2. The first-order valence-corrected chi connectivity index (χ1v) is 12.6. The van der Waals surface area contributed by atoms with E-state index >= 15 is 0 Å². The third kappa shape index (κ3) is 7.01. The summed E-state index contributed by atoms with van der Waals surface area (Å²) in [6, 6.07) is 20.8. The Morgan fingerprint density at radius 3 is 2.49 bits per heavy atom. The van der Waals surface area contributed by atoms with Crippen molar-refractivity contribution in [3.05, 3.63) is 118 Å². The molecule has 3 N–H and O–H groups in total. The molecule has 0 saturated carbocycles. The fourth-order valence-electron chi connectivity index (χ4n) is 3.26. The average molecular weight is 557 g/mol. The monoisotopic (exact) mass is 556 g/mol. The summed E-state index contributed by atoms with van der Waals surface area (Å²) in [4.78, 5) is 17.9. The predicted molar refractivity (Wildman–Crippen MR) is 143 cm³/mol. The molecule has 0 aliphatic heterocycles. The molecule has 1 atom stereocenters. The molecule has 0 unspecified atom stereocenters. The van der Waals surface area contributed by atoms with Crippen molar-refractivity contribution >= 4 is 47.0 Å². The number of benzene rings is 3. The Balaban J connectivity index is 1.44. The van der Waals surface area contributed by atoms with Crippen molar-refractivity contribution < 1.29 is 23.4 Å². The summed E-state index contributed by atoms with van der Waals surface area (Å²) in [5.41, 5.74) is 1.50. The molecule has 0 radical (unpaired) electrons. The van der Waals surface area contributed by atoms with Gasteiger partial charge in [0, 0.05) is 6.20 Å². The highest BCUT2D eigenvalue weighted by molar-refractivity contribution is 7.92. The summed E-state index contributed by atoms with van der Waals surface area (Å²) in [6.07, 6.45) is 1.36. The number of aliphatic hydroxyl groups excluding tert-OH is 1. The molecule has 188 valence electrons. The Hall–Kier alpha value is -3.59. The molecule has 4 rings (SSSR count). The van der Waals surface area contributed by atoms with Crippen LogP contribution in [-0.2, 0) is 0 Å². The smallest absolute Gasteiger partial charge is 0.379 e. The van der Waals surface area contributed by atoms with Gasteiger partial charge in [0.1, 0.15) is 17.1 Å². The average Bonchev–Trinajstić information content (AvgIpc) is 2.90. The van der Waals surface area contributed by atoms with Gasteiger partial charge in [-0.3, -0.25) is 4.79 Å². The zero-order valence-electron chi connectivity index (χ0n) is 19.4. The van der Waals surface area contributed by atoms with E-state index in [0.29, 0.717) is 16.3 Å². The van der Waals surface area contributed by atoms with Crippen molar-refractivity contribution in [2.45, 2.75) is 17.9 Å². The Morgan fingerprint density at radius 2 is 1.78 bits per heavy atom. The quantitative estimate of drug-likeness (QED) is 0.143. The second-order valence-corrected chi connectivity index (χ2v) is 9.55. The molecule has 37 heavy (non-hydrogen) atoms. The molecule has 0 saturated heterocycles. The highest BCUT2D eigenvalue weighted by atomic mass is 35.5. The number of nitrogens with zero attached hydrogens (tertiary/aromatic N) is 1. The van der Waals surface area contributed by atoms with Gasteiger partial charge >= 0.3 is 5.90 Å². The van der Waals surface area contributed by atoms with E-state index in [1.807, 2.05) is 25.1 Å². The standard InChI is InChI=1S/C27H20Cl2FN3O3S/c1-16(17-6-8-18(9-7-17)25(34)33-37-24-5-3-2-4-23(24)29)32-26(35)22-14-19(28)15-31-27(22)36-21-12-10-20(30)11-13-21/h2-16H,1H3,(H,32,35)(H,33,34)/p+1/t16-/m0/s1. The number of ether oxygens (including phenoxy) is 1. The molecule has 6 nitrogen and oxygen atoms in total. The maximum absolute atomic E-state index is 13.2. The van der Waals surface area contributed by atoms with Gasteiger partial charge in [-0.25, -0.2) is 9.37 Å². The van der Waals surface area contributed by atoms with Gasteiger partial charge in [0.2, 0.25) is 5.88 Å². The topological polar surface area (TPSA) is 85.4 Å². The van der Waals surface area contributed by atoms with Crippen LogP contribution in [0.15, 0.2) is 90.0 Å². The SMILES string of the molecule is C[C@H](NC(=O)c1cc(Cl)cnc1Oc1ccc(F)cc1)c1ccc(/C(O)=[NH+]/Sc2ccccc2Cl)cc1. The number of aliphatic hydroxyl groups is 1. The number of hydrogen-bond acceptors (Lipinski definition) is 4. The van der Waals surface area contributed by atoms with Gasteiger partial charge < -0.3 is 15.2 Å². The van der Waals surface area contributed by atoms with Crippen molar-refractivity contribution in [1.82, 2.24) is 10.3 Å². The van der Waals surface area contributed by atoms with Crippen molar-refractivity contribution in [2.24, 2.45) is 0 Å². The van der Waals surface area contributed by atoms with E-state index in [2.05, 4.69) is 14.7 Å². The van der Waals surface area contributed by atoms with Crippen molar-refractivity contribution in [3.63, 3.8) is 0 Å². The third-order valence-corrected chi connectivity index (χ3v) is 6.74. The zero-order chi connectivity index (χ0) is 26.4. The van der Waals surface area contributed by atoms with Gasteiger partial charge in [-0.15, -0.1) is 4.40 Å². The molecule has 0 aliphatic carbocycles. The van der Waals surface area contributed by atoms with E-state index < -0.39 is 11.7 Å². The fraction of sp³-hybridized carbons (Fsp3) is 0.0741. The molecule has 1 heterocycles. The Morgan fingerprint density at radius 1 is 1.08 bits per heavy atom. The van der Waals surface area contributed by atoms with Crippen LogP contribution in [-0.4, -0.2) is 21.9 Å². The molecule has 1 amide bonds. The van der Waals surface area contributed by atoms with Gasteiger partial charge in [-0.05, 0) is 67.1 Å². The number of carbonyl (C=O) groups excluding carboxylic acids is 1. The van der Waals surface area contributed by atoms with Crippen LogP contribution in [0, 0.1) is 5.82 Å². The lowest BCUT2D eigenvalue weighted by atomic mass is 10.1. The van der Waals surface area contributed by atoms with Crippen LogP contribution in [0.2, 0.25) is 10.0 Å². The van der Waals surface area contributed by atoms with E-state index in [4.69, 9.17) is 27.9 Å². The van der Waals surface area contributed by atoms with Gasteiger partial charge in [0.05, 0.1) is 26.5 Å². The van der Waals surface area contributed by atoms with Gasteiger partial charge in [-0.1, -0.05) is 47.5 Å². The molecule has 1 aromatic heterocycles. The molecule has 3 aromatic carbocycles. The Kier molecular flexibility index (Phi) is 8.66. The molecule has 10 heteroatoms. The molecule has 0 spiro atoms. The van der Waals surface area contributed by atoms with Gasteiger partial charge in [-0.2, -0.15) is 0 Å². The summed E-state index contributed by atoms with van der Waals surface area (Å²) >= 11 is 13.4. The summed E-state index contributed by atoms with van der Waals surface area (Å²) in [7, 11) is 0. The zero-order valence-corrected chi connectivity index (χ0v) is 21.7. The van der Waals surface area contributed by atoms with E-state index in [1.165, 1.54) is 48.5 Å². The number of pyridine rings is 1. The second kappa shape index (κ2) is 12.1. The number of aromatic nitrogens is 1. The third-order valence-electron chi connectivity index (χ3n) is 5.22. The van der Waals surface area contributed by atoms with Crippen LogP contribution < -0.4 is 14.5 Å². The Bertz CT molecular complexity index is 1430. The number of carbonyl (C=O) groups is 1. The number of nitrogens with one attached hydrogen (secondary N) is 2. The number of hydrogen-bond donors (Lipinski definition) is 3. The summed E-state index contributed by atoms with van der Waals surface area (Å²) < 4.78 is 21.8. The molecular weight excluding hydrogens is 536 g/mol. The van der Waals surface area contributed by atoms with E-state index in [-0.39, 0.29) is 28.4 Å². The van der Waals surface area contributed by atoms with Crippen LogP contribution in [0.4, 0.5) is 4.39 Å². The maximum atomic E-state index is 13.2. The lowest BCUT2D eigenvalue weighted by Gasteiger charge is -2.16. The lowest BCUT2D eigenvalue weighted by Crippen LogP contribution is -2.64. The molecular formula is C27H21Cl2FN3O3S+. The van der Waals surface area contributed by atoms with Crippen LogP contribution in [0.3, 0.4) is 0 Å². The summed E-state index contributed by atoms with van der Waals surface area (Å²) in [5.74, 6) is -0.518. The van der Waals surface area contributed by atoms with E-state index in [0.717, 1.165) is 10.5 Å². The summed E-state index contributed by atoms with van der Waals surface area (Å²) in [5, 5.41) is 14.1. The van der Waals surface area contributed by atoms with E-state index in [9.17, 15) is 14.3 Å². The van der Waals surface area contributed by atoms with Crippen LogP contribution in [0.25, 0.3) is 0 Å². The van der Waals surface area contributed by atoms with Crippen molar-refractivity contribution in [1.29, 1.82) is 0 Å². The molecule has 0 aliphatic rings. The largest absolute Gasteiger partial charge is 0.459 e. The first-order valence-electron chi connectivity index (χ1n) is 11.0. The highest BCUT2D eigenvalue weighted by Crippen LogP contribution is 2.26. The first-order chi connectivity index (χ1) is 17.8. The van der Waals surface area contributed by atoms with Gasteiger partial charge in [0.25, 0.3) is 5.91 Å². The predicted octanol–water partition coefficient (Wildman–Crippen LogP) is 5.90. The fourth-order valence-corrected chi connectivity index (χ4v) is 4.31. The van der Waals surface area contributed by atoms with Crippen LogP contribution in [0.1, 0.15) is 34.5 Å². The van der Waals surface area contributed by atoms with Crippen LogP contribution in [0.5, 0.6) is 11.6 Å². The van der Waals surface area contributed by atoms with Crippen molar-refractivity contribution in [3.8, 4) is 11.6 Å². The number of amides is 1. The molecule has 0 fully saturated rings.